The highest BCUT2D eigenvalue weighted by molar-refractivity contribution is 5.96. The van der Waals surface area contributed by atoms with Crippen molar-refractivity contribution in [1.82, 2.24) is 20.0 Å². The van der Waals surface area contributed by atoms with Crippen LogP contribution in [0.5, 0.6) is 5.88 Å². The molecule has 2 aromatic rings. The number of methoxy groups -OCH3 is 1. The van der Waals surface area contributed by atoms with Crippen LogP contribution in [0, 0.1) is 13.8 Å². The summed E-state index contributed by atoms with van der Waals surface area (Å²) in [6, 6.07) is 2.03. The second-order valence-corrected chi connectivity index (χ2v) is 5.86. The number of nitrogens with one attached hydrogen (secondary N) is 1. The molecule has 0 spiro atoms. The second kappa shape index (κ2) is 6.86. The molecule has 24 heavy (non-hydrogen) atoms. The fourth-order valence-electron chi connectivity index (χ4n) is 2.91. The van der Waals surface area contributed by atoms with Gasteiger partial charge in [-0.3, -0.25) is 4.79 Å². The quantitative estimate of drug-likeness (QED) is 0.913. The van der Waals surface area contributed by atoms with Crippen molar-refractivity contribution in [3.63, 3.8) is 0 Å². The molecule has 0 atom stereocenters. The number of hydrogen-bond acceptors (Lipinski definition) is 7. The Morgan fingerprint density at radius 2 is 2.08 bits per heavy atom. The van der Waals surface area contributed by atoms with Crippen molar-refractivity contribution in [2.24, 2.45) is 0 Å². The average Bonchev–Trinajstić information content (AvgIpc) is 2.94. The Balaban J connectivity index is 1.58. The zero-order valence-electron chi connectivity index (χ0n) is 14.1. The average molecular weight is 331 g/mol. The molecule has 1 N–H and O–H groups in total. The van der Waals surface area contributed by atoms with Crippen LogP contribution in [0.2, 0.25) is 0 Å². The summed E-state index contributed by atoms with van der Waals surface area (Å²) in [5, 5.41) is 7.23. The Hall–Kier alpha value is -2.64. The van der Waals surface area contributed by atoms with Crippen LogP contribution in [0.1, 0.15) is 34.7 Å². The largest absolute Gasteiger partial charge is 0.481 e. The Morgan fingerprint density at radius 3 is 2.71 bits per heavy atom. The van der Waals surface area contributed by atoms with E-state index in [-0.39, 0.29) is 11.9 Å². The molecular weight excluding hydrogens is 310 g/mol. The van der Waals surface area contributed by atoms with Gasteiger partial charge in [0.1, 0.15) is 23.5 Å². The van der Waals surface area contributed by atoms with Crippen LogP contribution >= 0.6 is 0 Å². The summed E-state index contributed by atoms with van der Waals surface area (Å²) in [7, 11) is 1.57. The minimum absolute atomic E-state index is 0.00611. The lowest BCUT2D eigenvalue weighted by Crippen LogP contribution is -2.42. The summed E-state index contributed by atoms with van der Waals surface area (Å²) in [6.07, 6.45) is 3.17. The molecule has 0 aliphatic carbocycles. The van der Waals surface area contributed by atoms with Crippen molar-refractivity contribution in [1.29, 1.82) is 0 Å². The highest BCUT2D eigenvalue weighted by atomic mass is 16.5. The number of rotatable bonds is 4. The topological polar surface area (TPSA) is 93.4 Å². The third kappa shape index (κ3) is 3.32. The molecule has 1 fully saturated rings. The first-order valence-electron chi connectivity index (χ1n) is 7.93. The highest BCUT2D eigenvalue weighted by Gasteiger charge is 2.27. The van der Waals surface area contributed by atoms with E-state index in [2.05, 4.69) is 20.4 Å². The maximum absolute atomic E-state index is 12.6. The van der Waals surface area contributed by atoms with Crippen LogP contribution in [0.3, 0.4) is 0 Å². The fraction of sp³-hybridized carbons (Fsp3) is 0.500. The van der Waals surface area contributed by atoms with Crippen molar-refractivity contribution in [2.75, 3.05) is 25.5 Å². The number of aryl methyl sites for hydroxylation is 2. The van der Waals surface area contributed by atoms with E-state index in [0.717, 1.165) is 18.7 Å². The highest BCUT2D eigenvalue weighted by Crippen LogP contribution is 2.21. The minimum Gasteiger partial charge on any atom is -0.481 e. The third-order valence-electron chi connectivity index (χ3n) is 4.23. The first-order chi connectivity index (χ1) is 11.6. The van der Waals surface area contributed by atoms with Gasteiger partial charge in [0.2, 0.25) is 5.88 Å². The number of piperidine rings is 1. The zero-order valence-corrected chi connectivity index (χ0v) is 14.1. The van der Waals surface area contributed by atoms with Gasteiger partial charge in [-0.15, -0.1) is 0 Å². The Labute approximate surface area is 140 Å². The molecule has 128 valence electrons. The van der Waals surface area contributed by atoms with E-state index in [1.165, 1.54) is 6.33 Å². The maximum Gasteiger partial charge on any atom is 0.259 e. The Morgan fingerprint density at radius 1 is 1.33 bits per heavy atom. The molecule has 0 radical (unpaired) electrons. The van der Waals surface area contributed by atoms with Crippen molar-refractivity contribution >= 4 is 11.7 Å². The molecule has 0 unspecified atom stereocenters. The molecule has 3 rings (SSSR count). The van der Waals surface area contributed by atoms with Gasteiger partial charge in [-0.2, -0.15) is 0 Å². The Bertz CT molecular complexity index is 703. The number of aromatic nitrogens is 3. The summed E-state index contributed by atoms with van der Waals surface area (Å²) < 4.78 is 10.2. The Kier molecular flexibility index (Phi) is 4.64. The summed E-state index contributed by atoms with van der Waals surface area (Å²) in [5.74, 6) is 1.83. The number of hydrogen-bond donors (Lipinski definition) is 1. The van der Waals surface area contributed by atoms with Gasteiger partial charge in [0.15, 0.2) is 0 Å². The summed E-state index contributed by atoms with van der Waals surface area (Å²) in [6.45, 7) is 4.93. The molecule has 0 saturated carbocycles. The number of ether oxygens (including phenoxy) is 1. The summed E-state index contributed by atoms with van der Waals surface area (Å²) in [4.78, 5) is 22.7. The van der Waals surface area contributed by atoms with E-state index in [1.54, 1.807) is 27.0 Å². The fourth-order valence-corrected chi connectivity index (χ4v) is 2.91. The molecule has 1 saturated heterocycles. The van der Waals surface area contributed by atoms with Crippen molar-refractivity contribution < 1.29 is 14.1 Å². The van der Waals surface area contributed by atoms with Gasteiger partial charge in [-0.1, -0.05) is 5.16 Å². The smallest absolute Gasteiger partial charge is 0.259 e. The van der Waals surface area contributed by atoms with Crippen LogP contribution in [-0.2, 0) is 0 Å². The molecule has 8 nitrogen and oxygen atoms in total. The monoisotopic (exact) mass is 331 g/mol. The first kappa shape index (κ1) is 16.2. The van der Waals surface area contributed by atoms with E-state index >= 15 is 0 Å². The molecule has 2 aromatic heterocycles. The van der Waals surface area contributed by atoms with Gasteiger partial charge in [-0.25, -0.2) is 9.97 Å². The SMILES string of the molecule is COc1cc(NC2CCN(C(=O)c3c(C)noc3C)CC2)ncn1. The predicted octanol–water partition coefficient (Wildman–Crippen LogP) is 1.81. The molecule has 0 bridgehead atoms. The van der Waals surface area contributed by atoms with Gasteiger partial charge in [0, 0.05) is 25.2 Å². The van der Waals surface area contributed by atoms with Gasteiger partial charge in [0.25, 0.3) is 5.91 Å². The van der Waals surface area contributed by atoms with Gasteiger partial charge < -0.3 is 19.5 Å². The molecule has 8 heteroatoms. The summed E-state index contributed by atoms with van der Waals surface area (Å²) in [5.41, 5.74) is 1.23. The summed E-state index contributed by atoms with van der Waals surface area (Å²) >= 11 is 0. The predicted molar refractivity (Wildman–Crippen MR) is 87.1 cm³/mol. The molecule has 3 heterocycles. The lowest BCUT2D eigenvalue weighted by molar-refractivity contribution is 0.0716. The number of nitrogens with zero attached hydrogens (tertiary/aromatic N) is 4. The van der Waals surface area contributed by atoms with Crippen LogP contribution < -0.4 is 10.1 Å². The standard InChI is InChI=1S/C16H21N5O3/c1-10-15(11(2)24-20-10)16(22)21-6-4-12(5-7-21)19-13-8-14(23-3)18-9-17-13/h8-9,12H,4-7H2,1-3H3,(H,17,18,19). The van der Waals surface area contributed by atoms with Crippen LogP contribution in [0.15, 0.2) is 16.9 Å². The second-order valence-electron chi connectivity index (χ2n) is 5.86. The van der Waals surface area contributed by atoms with Crippen LogP contribution in [-0.4, -0.2) is 52.2 Å². The van der Waals surface area contributed by atoms with E-state index in [0.29, 0.717) is 36.0 Å². The molecule has 0 aromatic carbocycles. The van der Waals surface area contributed by atoms with Gasteiger partial charge in [-0.05, 0) is 26.7 Å². The van der Waals surface area contributed by atoms with Crippen LogP contribution in [0.4, 0.5) is 5.82 Å². The molecule has 1 aliphatic heterocycles. The van der Waals surface area contributed by atoms with E-state index in [9.17, 15) is 4.79 Å². The number of anilines is 1. The zero-order chi connectivity index (χ0) is 17.1. The van der Waals surface area contributed by atoms with Crippen LogP contribution in [0.25, 0.3) is 0 Å². The first-order valence-corrected chi connectivity index (χ1v) is 7.93. The number of amides is 1. The number of likely N-dealkylation sites (tertiary alicyclic amines) is 1. The lowest BCUT2D eigenvalue weighted by Gasteiger charge is -2.32. The van der Waals surface area contributed by atoms with E-state index in [4.69, 9.17) is 9.26 Å². The van der Waals surface area contributed by atoms with Crippen molar-refractivity contribution in [2.45, 2.75) is 32.7 Å². The lowest BCUT2D eigenvalue weighted by atomic mass is 10.0. The van der Waals surface area contributed by atoms with Gasteiger partial charge in [0.05, 0.1) is 12.8 Å². The molecule has 1 aliphatic rings. The number of carbonyl (C=O) groups excluding carboxylic acids is 1. The van der Waals surface area contributed by atoms with E-state index in [1.807, 2.05) is 4.90 Å². The normalized spacial score (nSPS) is 15.4. The molecule has 1 amide bonds. The van der Waals surface area contributed by atoms with E-state index < -0.39 is 0 Å². The maximum atomic E-state index is 12.6. The van der Waals surface area contributed by atoms with Gasteiger partial charge >= 0.3 is 0 Å². The minimum atomic E-state index is -0.00611. The van der Waals surface area contributed by atoms with Crippen molar-refractivity contribution in [3.8, 4) is 5.88 Å². The molecular formula is C16H21N5O3. The van der Waals surface area contributed by atoms with Crippen molar-refractivity contribution in [3.05, 3.63) is 29.4 Å². The third-order valence-corrected chi connectivity index (χ3v) is 4.23. The number of carbonyl (C=O) groups is 1.